The van der Waals surface area contributed by atoms with E-state index in [1.54, 1.807) is 24.3 Å². The molecule has 0 radical (unpaired) electrons. The molecule has 1 aromatic rings. The standard InChI is InChI=1S/C11H12N2O2/c1-7-6-10(12-13-11(7)15)8-2-4-9(14)5-3-8/h2-5,7,14H,6H2,1H3,(H,13,15). The van der Waals surface area contributed by atoms with Crippen LogP contribution in [0.5, 0.6) is 5.75 Å². The van der Waals surface area contributed by atoms with Crippen LogP contribution < -0.4 is 5.43 Å². The summed E-state index contributed by atoms with van der Waals surface area (Å²) in [6, 6.07) is 6.80. The Morgan fingerprint density at radius 1 is 1.40 bits per heavy atom. The number of nitrogens with zero attached hydrogens (tertiary/aromatic N) is 1. The van der Waals surface area contributed by atoms with E-state index in [0.717, 1.165) is 11.3 Å². The maximum atomic E-state index is 11.2. The van der Waals surface area contributed by atoms with Crippen molar-refractivity contribution in [1.29, 1.82) is 0 Å². The van der Waals surface area contributed by atoms with Crippen molar-refractivity contribution in [1.82, 2.24) is 5.43 Å². The van der Waals surface area contributed by atoms with Crippen molar-refractivity contribution in [2.75, 3.05) is 0 Å². The molecule has 0 aliphatic carbocycles. The van der Waals surface area contributed by atoms with Crippen molar-refractivity contribution in [3.05, 3.63) is 29.8 Å². The molecule has 0 fully saturated rings. The predicted molar refractivity (Wildman–Crippen MR) is 56.6 cm³/mol. The highest BCUT2D eigenvalue weighted by molar-refractivity contribution is 6.04. The number of hydrogen-bond acceptors (Lipinski definition) is 3. The van der Waals surface area contributed by atoms with Crippen molar-refractivity contribution in [2.45, 2.75) is 13.3 Å². The van der Waals surface area contributed by atoms with Gasteiger partial charge in [0.25, 0.3) is 0 Å². The highest BCUT2D eigenvalue weighted by Gasteiger charge is 2.20. The number of hydrazone groups is 1. The fourth-order valence-electron chi connectivity index (χ4n) is 1.50. The summed E-state index contributed by atoms with van der Waals surface area (Å²) in [4.78, 5) is 11.2. The molecule has 0 saturated carbocycles. The average molecular weight is 204 g/mol. The van der Waals surface area contributed by atoms with Gasteiger partial charge in [-0.05, 0) is 29.8 Å². The van der Waals surface area contributed by atoms with Crippen LogP contribution in [0.4, 0.5) is 0 Å². The minimum Gasteiger partial charge on any atom is -0.508 e. The first kappa shape index (κ1) is 9.71. The summed E-state index contributed by atoms with van der Waals surface area (Å²) in [7, 11) is 0. The van der Waals surface area contributed by atoms with Gasteiger partial charge in [-0.1, -0.05) is 6.92 Å². The van der Waals surface area contributed by atoms with Gasteiger partial charge in [-0.25, -0.2) is 5.43 Å². The lowest BCUT2D eigenvalue weighted by Crippen LogP contribution is -2.33. The number of rotatable bonds is 1. The Labute approximate surface area is 87.6 Å². The molecule has 2 rings (SSSR count). The molecular formula is C11H12N2O2. The largest absolute Gasteiger partial charge is 0.508 e. The van der Waals surface area contributed by atoms with Crippen molar-refractivity contribution >= 4 is 11.6 Å². The first-order valence-electron chi connectivity index (χ1n) is 4.82. The molecule has 1 atom stereocenters. The molecule has 15 heavy (non-hydrogen) atoms. The van der Waals surface area contributed by atoms with Gasteiger partial charge in [-0.3, -0.25) is 4.79 Å². The summed E-state index contributed by atoms with van der Waals surface area (Å²) >= 11 is 0. The van der Waals surface area contributed by atoms with Gasteiger partial charge in [-0.15, -0.1) is 0 Å². The second-order valence-electron chi connectivity index (χ2n) is 3.69. The van der Waals surface area contributed by atoms with Crippen LogP contribution in [-0.2, 0) is 4.79 Å². The summed E-state index contributed by atoms with van der Waals surface area (Å²) in [5, 5.41) is 13.1. The van der Waals surface area contributed by atoms with Crippen LogP contribution in [0.2, 0.25) is 0 Å². The molecule has 1 aliphatic heterocycles. The molecule has 0 spiro atoms. The van der Waals surface area contributed by atoms with Gasteiger partial charge in [0.15, 0.2) is 0 Å². The van der Waals surface area contributed by atoms with Gasteiger partial charge < -0.3 is 5.11 Å². The fourth-order valence-corrected chi connectivity index (χ4v) is 1.50. The summed E-state index contributed by atoms with van der Waals surface area (Å²) < 4.78 is 0. The Bertz CT molecular complexity index is 409. The molecule has 4 heteroatoms. The van der Waals surface area contributed by atoms with Crippen molar-refractivity contribution < 1.29 is 9.90 Å². The van der Waals surface area contributed by atoms with Crippen LogP contribution in [0, 0.1) is 5.92 Å². The molecule has 1 aromatic carbocycles. The van der Waals surface area contributed by atoms with Gasteiger partial charge in [0, 0.05) is 12.3 Å². The lowest BCUT2D eigenvalue weighted by atomic mass is 9.97. The van der Waals surface area contributed by atoms with Gasteiger partial charge in [0.05, 0.1) is 5.71 Å². The van der Waals surface area contributed by atoms with Gasteiger partial charge in [0.2, 0.25) is 5.91 Å². The van der Waals surface area contributed by atoms with Crippen LogP contribution in [-0.4, -0.2) is 16.7 Å². The van der Waals surface area contributed by atoms with Crippen molar-refractivity contribution in [3.63, 3.8) is 0 Å². The number of phenolic OH excluding ortho intramolecular Hbond substituents is 1. The topological polar surface area (TPSA) is 61.7 Å². The Morgan fingerprint density at radius 3 is 2.67 bits per heavy atom. The molecule has 1 unspecified atom stereocenters. The second-order valence-corrected chi connectivity index (χ2v) is 3.69. The van der Waals surface area contributed by atoms with E-state index < -0.39 is 0 Å². The minimum atomic E-state index is -0.0497. The van der Waals surface area contributed by atoms with E-state index in [1.807, 2.05) is 6.92 Å². The highest BCUT2D eigenvalue weighted by atomic mass is 16.3. The summed E-state index contributed by atoms with van der Waals surface area (Å²) in [5.41, 5.74) is 4.26. The van der Waals surface area contributed by atoms with Gasteiger partial charge in [-0.2, -0.15) is 5.10 Å². The van der Waals surface area contributed by atoms with Crippen molar-refractivity contribution in [2.24, 2.45) is 11.0 Å². The summed E-state index contributed by atoms with van der Waals surface area (Å²) in [5.74, 6) is 0.135. The molecule has 1 amide bonds. The third-order valence-electron chi connectivity index (χ3n) is 2.45. The van der Waals surface area contributed by atoms with Crippen LogP contribution >= 0.6 is 0 Å². The van der Waals surface area contributed by atoms with Crippen LogP contribution in [0.3, 0.4) is 0 Å². The molecule has 4 nitrogen and oxygen atoms in total. The summed E-state index contributed by atoms with van der Waals surface area (Å²) in [6.07, 6.45) is 0.636. The summed E-state index contributed by atoms with van der Waals surface area (Å²) in [6.45, 7) is 1.87. The fraction of sp³-hybridized carbons (Fsp3) is 0.273. The first-order chi connectivity index (χ1) is 7.16. The zero-order valence-electron chi connectivity index (χ0n) is 8.40. The lowest BCUT2D eigenvalue weighted by molar-refractivity contribution is -0.124. The van der Waals surface area contributed by atoms with E-state index in [4.69, 9.17) is 5.11 Å². The third-order valence-corrected chi connectivity index (χ3v) is 2.45. The Balaban J connectivity index is 2.25. The number of carbonyl (C=O) groups is 1. The smallest absolute Gasteiger partial charge is 0.243 e. The van der Waals surface area contributed by atoms with Crippen LogP contribution in [0.15, 0.2) is 29.4 Å². The predicted octanol–water partition coefficient (Wildman–Crippen LogP) is 1.25. The van der Waals surface area contributed by atoms with Crippen molar-refractivity contribution in [3.8, 4) is 5.75 Å². The number of nitrogens with one attached hydrogen (secondary N) is 1. The number of phenols is 1. The molecular weight excluding hydrogens is 192 g/mol. The van der Waals surface area contributed by atoms with Crippen LogP contribution in [0.25, 0.3) is 0 Å². The molecule has 1 aliphatic rings. The zero-order valence-corrected chi connectivity index (χ0v) is 8.40. The monoisotopic (exact) mass is 204 g/mol. The highest BCUT2D eigenvalue weighted by Crippen LogP contribution is 2.17. The maximum Gasteiger partial charge on any atom is 0.243 e. The molecule has 0 aromatic heterocycles. The lowest BCUT2D eigenvalue weighted by Gasteiger charge is -2.17. The zero-order chi connectivity index (χ0) is 10.8. The molecule has 0 bridgehead atoms. The Kier molecular flexibility index (Phi) is 2.41. The number of aromatic hydroxyl groups is 1. The SMILES string of the molecule is CC1CC(c2ccc(O)cc2)=NNC1=O. The average Bonchev–Trinajstić information content (AvgIpc) is 2.23. The third kappa shape index (κ3) is 1.98. The molecule has 2 N–H and O–H groups in total. The number of amides is 1. The molecule has 0 saturated heterocycles. The Morgan fingerprint density at radius 2 is 2.07 bits per heavy atom. The van der Waals surface area contributed by atoms with Gasteiger partial charge >= 0.3 is 0 Å². The minimum absolute atomic E-state index is 0.0440. The number of hydrogen-bond donors (Lipinski definition) is 2. The van der Waals surface area contributed by atoms with E-state index in [-0.39, 0.29) is 17.6 Å². The Hall–Kier alpha value is -1.84. The molecule has 1 heterocycles. The first-order valence-corrected chi connectivity index (χ1v) is 4.82. The van der Waals surface area contributed by atoms with E-state index in [1.165, 1.54) is 0 Å². The molecule has 78 valence electrons. The number of carbonyl (C=O) groups excluding carboxylic acids is 1. The normalized spacial score (nSPS) is 20.7. The second kappa shape index (κ2) is 3.73. The van der Waals surface area contributed by atoms with E-state index in [9.17, 15) is 4.79 Å². The van der Waals surface area contributed by atoms with E-state index in [0.29, 0.717) is 6.42 Å². The number of benzene rings is 1. The van der Waals surface area contributed by atoms with E-state index >= 15 is 0 Å². The van der Waals surface area contributed by atoms with E-state index in [2.05, 4.69) is 10.5 Å². The van der Waals surface area contributed by atoms with Gasteiger partial charge in [0.1, 0.15) is 5.75 Å². The maximum absolute atomic E-state index is 11.2. The quantitative estimate of drug-likeness (QED) is 0.723. The van der Waals surface area contributed by atoms with Crippen LogP contribution in [0.1, 0.15) is 18.9 Å².